The number of para-hydroxylation sites is 6. The molecule has 0 aliphatic carbocycles. The monoisotopic (exact) mass is 567 g/mol. The van der Waals surface area contributed by atoms with Gasteiger partial charge in [0.1, 0.15) is 12.1 Å². The van der Waals surface area contributed by atoms with E-state index in [1.165, 1.54) is 33.3 Å². The van der Waals surface area contributed by atoms with Crippen LogP contribution in [0.3, 0.4) is 0 Å². The number of hydrogen-bond acceptors (Lipinski definition) is 3. The van der Waals surface area contributed by atoms with Crippen LogP contribution in [0.15, 0.2) is 140 Å². The van der Waals surface area contributed by atoms with Crippen molar-refractivity contribution in [2.45, 2.75) is 19.3 Å². The predicted molar refractivity (Wildman–Crippen MR) is 180 cm³/mol. The van der Waals surface area contributed by atoms with E-state index in [0.717, 1.165) is 39.3 Å². The summed E-state index contributed by atoms with van der Waals surface area (Å²) >= 11 is 0. The zero-order valence-corrected chi connectivity index (χ0v) is 24.5. The van der Waals surface area contributed by atoms with Gasteiger partial charge < -0.3 is 9.47 Å². The van der Waals surface area contributed by atoms with Crippen molar-refractivity contribution in [3.8, 4) is 11.5 Å². The van der Waals surface area contributed by atoms with Gasteiger partial charge in [-0.05, 0) is 59.7 Å². The largest absolute Gasteiger partial charge is 0.308 e. The van der Waals surface area contributed by atoms with Crippen molar-refractivity contribution in [1.29, 1.82) is 0 Å². The summed E-state index contributed by atoms with van der Waals surface area (Å²) in [6.45, 7) is 4.66. The van der Waals surface area contributed by atoms with E-state index in [9.17, 15) is 0 Å². The Bertz CT molecular complexity index is 2330. The van der Waals surface area contributed by atoms with Crippen molar-refractivity contribution in [1.82, 2.24) is 19.1 Å². The molecule has 210 valence electrons. The molecular formula is C39H29N5. The van der Waals surface area contributed by atoms with Crippen LogP contribution in [-0.4, -0.2) is 19.1 Å². The Labute approximate surface area is 255 Å². The average molecular weight is 568 g/mol. The maximum atomic E-state index is 4.96. The van der Waals surface area contributed by atoms with E-state index in [1.54, 1.807) is 0 Å². The number of hydrogen-bond donors (Lipinski definition) is 0. The summed E-state index contributed by atoms with van der Waals surface area (Å²) in [4.78, 5) is 12.0. The molecule has 5 nitrogen and oxygen atoms in total. The smallest absolute Gasteiger partial charge is 0.138 e. The molecule has 5 heteroatoms. The van der Waals surface area contributed by atoms with Crippen LogP contribution in [0.2, 0.25) is 0 Å². The van der Waals surface area contributed by atoms with Crippen molar-refractivity contribution >= 4 is 49.9 Å². The lowest BCUT2D eigenvalue weighted by Gasteiger charge is -2.42. The molecule has 0 fully saturated rings. The van der Waals surface area contributed by atoms with Crippen LogP contribution in [0.4, 0.5) is 17.1 Å². The zero-order valence-electron chi connectivity index (χ0n) is 24.5. The maximum absolute atomic E-state index is 4.96. The van der Waals surface area contributed by atoms with Crippen molar-refractivity contribution in [2.75, 3.05) is 4.90 Å². The fourth-order valence-electron chi connectivity index (χ4n) is 7.17. The normalized spacial score (nSPS) is 13.8. The average Bonchev–Trinajstić information content (AvgIpc) is 3.65. The lowest BCUT2D eigenvalue weighted by molar-refractivity contribution is 0.632. The van der Waals surface area contributed by atoms with E-state index in [2.05, 4.69) is 137 Å². The first-order valence-corrected chi connectivity index (χ1v) is 15.0. The SMILES string of the molecule is CC1(C)c2ccccc2N(c2cccc3c4ccccc4n(-c4ccc(-n5cnc6ccccc65)nc4)c23)c2ccccc21. The second-order valence-corrected chi connectivity index (χ2v) is 12.0. The van der Waals surface area contributed by atoms with Crippen LogP contribution in [0.1, 0.15) is 25.0 Å². The third-order valence-corrected chi connectivity index (χ3v) is 9.24. The van der Waals surface area contributed by atoms with Gasteiger partial charge in [0, 0.05) is 16.2 Å². The molecule has 1 aliphatic rings. The van der Waals surface area contributed by atoms with Gasteiger partial charge in [-0.1, -0.05) is 92.7 Å². The van der Waals surface area contributed by atoms with Crippen LogP contribution >= 0.6 is 0 Å². The molecule has 0 unspecified atom stereocenters. The topological polar surface area (TPSA) is 38.9 Å². The Morgan fingerprint density at radius 2 is 1.18 bits per heavy atom. The Kier molecular flexibility index (Phi) is 5.18. The number of rotatable bonds is 3. The first kappa shape index (κ1) is 24.9. The fraction of sp³-hybridized carbons (Fsp3) is 0.0769. The minimum Gasteiger partial charge on any atom is -0.308 e. The van der Waals surface area contributed by atoms with E-state index < -0.39 is 0 Å². The second kappa shape index (κ2) is 9.16. The molecular weight excluding hydrogens is 538 g/mol. The first-order valence-electron chi connectivity index (χ1n) is 15.0. The van der Waals surface area contributed by atoms with Crippen LogP contribution in [0.25, 0.3) is 44.3 Å². The number of benzene rings is 5. The molecule has 0 saturated carbocycles. The summed E-state index contributed by atoms with van der Waals surface area (Å²) in [5.74, 6) is 0.838. The van der Waals surface area contributed by atoms with Crippen LogP contribution in [0.5, 0.6) is 0 Å². The van der Waals surface area contributed by atoms with Crippen molar-refractivity contribution in [2.24, 2.45) is 0 Å². The van der Waals surface area contributed by atoms with E-state index in [4.69, 9.17) is 4.98 Å². The van der Waals surface area contributed by atoms with E-state index in [-0.39, 0.29) is 5.41 Å². The van der Waals surface area contributed by atoms with E-state index in [0.29, 0.717) is 0 Å². The lowest BCUT2D eigenvalue weighted by atomic mass is 9.73. The number of imidazole rings is 1. The Balaban J connectivity index is 1.31. The Hall–Kier alpha value is -5.68. The number of aromatic nitrogens is 4. The third-order valence-electron chi connectivity index (χ3n) is 9.24. The lowest BCUT2D eigenvalue weighted by Crippen LogP contribution is -2.30. The second-order valence-electron chi connectivity index (χ2n) is 12.0. The van der Waals surface area contributed by atoms with Gasteiger partial charge in [-0.15, -0.1) is 0 Å². The van der Waals surface area contributed by atoms with Crippen LogP contribution in [-0.2, 0) is 5.41 Å². The fourth-order valence-corrected chi connectivity index (χ4v) is 7.17. The minimum atomic E-state index is -0.123. The van der Waals surface area contributed by atoms with Gasteiger partial charge >= 0.3 is 0 Å². The molecule has 4 heterocycles. The summed E-state index contributed by atoms with van der Waals surface area (Å²) in [6, 6.07) is 45.4. The van der Waals surface area contributed by atoms with Gasteiger partial charge in [-0.2, -0.15) is 0 Å². The molecule has 0 atom stereocenters. The molecule has 0 spiro atoms. The number of nitrogens with zero attached hydrogens (tertiary/aromatic N) is 5. The van der Waals surface area contributed by atoms with Crippen LogP contribution < -0.4 is 4.90 Å². The molecule has 5 aromatic carbocycles. The summed E-state index contributed by atoms with van der Waals surface area (Å²) in [5, 5.41) is 2.43. The molecule has 0 saturated heterocycles. The van der Waals surface area contributed by atoms with Gasteiger partial charge in [-0.3, -0.25) is 4.57 Å². The molecule has 3 aromatic heterocycles. The molecule has 0 radical (unpaired) electrons. The molecule has 0 bridgehead atoms. The van der Waals surface area contributed by atoms with Crippen molar-refractivity contribution < 1.29 is 0 Å². The van der Waals surface area contributed by atoms with Crippen molar-refractivity contribution in [3.05, 3.63) is 151 Å². The van der Waals surface area contributed by atoms with Gasteiger partial charge in [-0.25, -0.2) is 9.97 Å². The first-order chi connectivity index (χ1) is 21.6. The zero-order chi connectivity index (χ0) is 29.4. The standard InChI is InChI=1S/C39H29N5/c1-39(2)29-14-4-8-18-33(29)44(34-19-9-5-15-30(34)39)36-21-11-13-28-27-12-3-7-17-32(27)43(38(28)36)26-22-23-37(40-24-26)42-25-41-31-16-6-10-20-35(31)42/h3-25H,1-2H3. The summed E-state index contributed by atoms with van der Waals surface area (Å²) in [5.41, 5.74) is 11.4. The van der Waals surface area contributed by atoms with E-state index in [1.807, 2.05) is 35.3 Å². The van der Waals surface area contributed by atoms with Gasteiger partial charge in [0.25, 0.3) is 0 Å². The highest BCUT2D eigenvalue weighted by Crippen LogP contribution is 2.53. The summed E-state index contributed by atoms with van der Waals surface area (Å²) < 4.78 is 4.41. The molecule has 9 rings (SSSR count). The number of pyridine rings is 1. The summed E-state index contributed by atoms with van der Waals surface area (Å²) in [6.07, 6.45) is 3.83. The highest BCUT2D eigenvalue weighted by Gasteiger charge is 2.37. The van der Waals surface area contributed by atoms with Gasteiger partial charge in [0.05, 0.1) is 51.0 Å². The highest BCUT2D eigenvalue weighted by molar-refractivity contribution is 6.14. The van der Waals surface area contributed by atoms with Crippen LogP contribution in [0, 0.1) is 0 Å². The number of fused-ring (bicyclic) bond motifs is 6. The maximum Gasteiger partial charge on any atom is 0.138 e. The Morgan fingerprint density at radius 3 is 1.93 bits per heavy atom. The quantitative estimate of drug-likeness (QED) is 0.213. The van der Waals surface area contributed by atoms with Gasteiger partial charge in [0.15, 0.2) is 0 Å². The molecule has 44 heavy (non-hydrogen) atoms. The number of anilines is 3. The third kappa shape index (κ3) is 3.41. The minimum absolute atomic E-state index is 0.123. The molecule has 0 N–H and O–H groups in total. The van der Waals surface area contributed by atoms with E-state index >= 15 is 0 Å². The molecule has 1 aliphatic heterocycles. The molecule has 8 aromatic rings. The van der Waals surface area contributed by atoms with Gasteiger partial charge in [0.2, 0.25) is 0 Å². The Morgan fingerprint density at radius 1 is 0.545 bits per heavy atom. The van der Waals surface area contributed by atoms with Crippen molar-refractivity contribution in [3.63, 3.8) is 0 Å². The molecule has 0 amide bonds. The predicted octanol–water partition coefficient (Wildman–Crippen LogP) is 9.63. The highest BCUT2D eigenvalue weighted by atomic mass is 15.2. The summed E-state index contributed by atoms with van der Waals surface area (Å²) in [7, 11) is 0.